The number of likely N-dealkylation sites (N-methyl/N-ethyl adjacent to an activating group) is 1. The third kappa shape index (κ3) is 12.2. The Bertz CT molecular complexity index is 2310. The number of hydrogen-bond donors (Lipinski definition) is 4. The van der Waals surface area contributed by atoms with Gasteiger partial charge in [-0.3, -0.25) is 33.6 Å². The number of ketones is 4. The van der Waals surface area contributed by atoms with Crippen molar-refractivity contribution >= 4 is 52.5 Å². The molecule has 62 heavy (non-hydrogen) atoms. The minimum atomic E-state index is -1.29. The Balaban J connectivity index is 1.46. The monoisotopic (exact) mass is 865 g/mol. The summed E-state index contributed by atoms with van der Waals surface area (Å²) in [6, 6.07) is 20.8. The van der Waals surface area contributed by atoms with Crippen LogP contribution in [0.2, 0.25) is 5.02 Å². The molecule has 0 aromatic heterocycles. The van der Waals surface area contributed by atoms with Crippen molar-refractivity contribution < 1.29 is 48.5 Å². The van der Waals surface area contributed by atoms with Crippen LogP contribution in [0, 0.1) is 11.8 Å². The molecule has 4 bridgehead atoms. The van der Waals surface area contributed by atoms with E-state index in [4.69, 9.17) is 22.1 Å². The first-order chi connectivity index (χ1) is 29.6. The Labute approximate surface area is 365 Å². The van der Waals surface area contributed by atoms with E-state index in [0.717, 1.165) is 18.1 Å². The minimum absolute atomic E-state index is 0.0479. The summed E-state index contributed by atoms with van der Waals surface area (Å²) in [5.41, 5.74) is 9.10. The molecule has 5 rings (SSSR count). The number of nitrogens with two attached hydrogens (primary N) is 1. The van der Waals surface area contributed by atoms with Gasteiger partial charge in [-0.25, -0.2) is 0 Å². The maximum absolute atomic E-state index is 14.6. The topological polar surface area (TPSA) is 210 Å². The van der Waals surface area contributed by atoms with Crippen molar-refractivity contribution in [2.75, 3.05) is 20.2 Å². The summed E-state index contributed by atoms with van der Waals surface area (Å²) in [6.07, 6.45) is 0.368. The van der Waals surface area contributed by atoms with E-state index in [2.05, 4.69) is 5.32 Å². The number of nitrogens with zero attached hydrogens (tertiary/aromatic N) is 1. The molecule has 1 heterocycles. The molecule has 2 amide bonds. The summed E-state index contributed by atoms with van der Waals surface area (Å²) in [5.74, 6) is -5.81. The lowest BCUT2D eigenvalue weighted by atomic mass is 9.87. The molecule has 0 fully saturated rings. The molecule has 0 unspecified atom stereocenters. The van der Waals surface area contributed by atoms with E-state index in [1.165, 1.54) is 43.1 Å². The fraction of sp³-hybridized carbons (Fsp3) is 0.354. The summed E-state index contributed by atoms with van der Waals surface area (Å²) < 4.78 is 4.74. The Morgan fingerprint density at radius 2 is 1.48 bits per heavy atom. The fourth-order valence-corrected chi connectivity index (χ4v) is 7.70. The maximum atomic E-state index is 14.6. The first kappa shape index (κ1) is 46.9. The van der Waals surface area contributed by atoms with Gasteiger partial charge < -0.3 is 30.9 Å². The molecule has 13 nitrogen and oxygen atoms in total. The third-order valence-corrected chi connectivity index (χ3v) is 11.3. The molecule has 0 saturated heterocycles. The number of rotatable bonds is 16. The predicted molar refractivity (Wildman–Crippen MR) is 233 cm³/mol. The van der Waals surface area contributed by atoms with Gasteiger partial charge in [0, 0.05) is 73.2 Å². The van der Waals surface area contributed by atoms with Gasteiger partial charge in [0.15, 0.2) is 23.1 Å². The predicted octanol–water partition coefficient (Wildman–Crippen LogP) is 6.72. The van der Waals surface area contributed by atoms with Crippen LogP contribution in [-0.4, -0.2) is 82.3 Å². The van der Waals surface area contributed by atoms with E-state index in [-0.39, 0.29) is 60.5 Å². The second-order valence-corrected chi connectivity index (χ2v) is 16.2. The number of phenolic OH excluding ortho intramolecular Hbond substituents is 2. The van der Waals surface area contributed by atoms with Gasteiger partial charge in [0.25, 0.3) is 0 Å². The zero-order valence-corrected chi connectivity index (χ0v) is 35.8. The molecule has 0 spiro atoms. The first-order valence-corrected chi connectivity index (χ1v) is 21.0. The number of amides is 2. The molecule has 0 radical (unpaired) electrons. The zero-order valence-electron chi connectivity index (χ0n) is 35.0. The van der Waals surface area contributed by atoms with Gasteiger partial charge in [-0.1, -0.05) is 73.5 Å². The molecule has 326 valence electrons. The zero-order chi connectivity index (χ0) is 45.1. The molecule has 1 aliphatic rings. The quantitative estimate of drug-likeness (QED) is 0.0528. The number of fused-ring (bicyclic) bond motifs is 5. The van der Waals surface area contributed by atoms with Crippen molar-refractivity contribution in [3.63, 3.8) is 0 Å². The number of carbonyl (C=O) groups excluding carboxylic acids is 7. The number of benzene rings is 4. The summed E-state index contributed by atoms with van der Waals surface area (Å²) in [6.45, 7) is 2.56. The van der Waals surface area contributed by atoms with E-state index in [9.17, 15) is 43.8 Å². The maximum Gasteiger partial charge on any atom is 0.303 e. The fourth-order valence-electron chi connectivity index (χ4n) is 7.58. The van der Waals surface area contributed by atoms with Gasteiger partial charge in [-0.2, -0.15) is 0 Å². The second kappa shape index (κ2) is 21.6. The van der Waals surface area contributed by atoms with Crippen LogP contribution in [-0.2, 0) is 39.9 Å². The lowest BCUT2D eigenvalue weighted by Gasteiger charge is -2.32. The molecular formula is C48H52ClN3O10. The Morgan fingerprint density at radius 1 is 0.855 bits per heavy atom. The number of carbonyl (C=O) groups is 7. The molecule has 5 N–H and O–H groups in total. The highest BCUT2D eigenvalue weighted by Gasteiger charge is 2.36. The number of Topliss-reactive ketones (excluding diaryl/α,β-unsaturated/α-hetero) is 4. The highest BCUT2D eigenvalue weighted by molar-refractivity contribution is 6.30. The SMILES string of the molecule is CC(=O)OCC(=O)CCC(=O)[C@@H]1Cc2ccc(O)c(c2)-c2cc(ccc2O)[C@H](N(C)C(=O)[C@H](CCCCN)CC(=O)c2ccc(-c3ccc(Cl)cc3)cc2)C(=O)C[C@@H](C)C(=O)N1. The smallest absolute Gasteiger partial charge is 0.303 e. The number of nitrogens with one attached hydrogen (secondary N) is 1. The van der Waals surface area contributed by atoms with Crippen LogP contribution >= 0.6 is 11.6 Å². The molecule has 0 saturated carbocycles. The van der Waals surface area contributed by atoms with Crippen LogP contribution in [0.1, 0.15) is 86.3 Å². The number of aromatic hydroxyl groups is 2. The lowest BCUT2D eigenvalue weighted by Crippen LogP contribution is -2.46. The van der Waals surface area contributed by atoms with Crippen LogP contribution in [0.5, 0.6) is 11.5 Å². The van der Waals surface area contributed by atoms with Gasteiger partial charge in [0.2, 0.25) is 11.8 Å². The van der Waals surface area contributed by atoms with Crippen molar-refractivity contribution in [3.05, 3.63) is 107 Å². The van der Waals surface area contributed by atoms with E-state index in [0.29, 0.717) is 47.5 Å². The number of esters is 1. The van der Waals surface area contributed by atoms with Crippen molar-refractivity contribution in [2.24, 2.45) is 17.6 Å². The number of phenols is 2. The van der Waals surface area contributed by atoms with E-state index < -0.39 is 65.7 Å². The van der Waals surface area contributed by atoms with Gasteiger partial charge in [0.05, 0.1) is 6.04 Å². The average molecular weight is 866 g/mol. The highest BCUT2D eigenvalue weighted by Crippen LogP contribution is 2.40. The van der Waals surface area contributed by atoms with Crippen molar-refractivity contribution in [1.29, 1.82) is 0 Å². The summed E-state index contributed by atoms with van der Waals surface area (Å²) in [7, 11) is 1.46. The van der Waals surface area contributed by atoms with E-state index in [1.54, 1.807) is 36.4 Å². The molecule has 4 atom stereocenters. The van der Waals surface area contributed by atoms with Crippen LogP contribution in [0.3, 0.4) is 0 Å². The Morgan fingerprint density at radius 3 is 2.13 bits per heavy atom. The van der Waals surface area contributed by atoms with E-state index >= 15 is 0 Å². The lowest BCUT2D eigenvalue weighted by molar-refractivity contribution is -0.145. The molecule has 1 aliphatic heterocycles. The molecule has 4 aromatic rings. The average Bonchev–Trinajstić information content (AvgIpc) is 3.25. The van der Waals surface area contributed by atoms with Crippen LogP contribution in [0.4, 0.5) is 0 Å². The normalized spacial score (nSPS) is 17.0. The Hall–Kier alpha value is -6.18. The van der Waals surface area contributed by atoms with Gasteiger partial charge >= 0.3 is 5.97 Å². The number of halogens is 1. The van der Waals surface area contributed by atoms with E-state index in [1.807, 2.05) is 24.3 Å². The van der Waals surface area contributed by atoms with Gasteiger partial charge in [-0.15, -0.1) is 0 Å². The molecule has 14 heteroatoms. The number of unbranched alkanes of at least 4 members (excludes halogenated alkanes) is 1. The number of hydrogen-bond acceptors (Lipinski definition) is 11. The third-order valence-electron chi connectivity index (χ3n) is 11.1. The Kier molecular flexibility index (Phi) is 16.3. The van der Waals surface area contributed by atoms with Crippen LogP contribution in [0.25, 0.3) is 22.3 Å². The molecular weight excluding hydrogens is 814 g/mol. The summed E-state index contributed by atoms with van der Waals surface area (Å²) in [4.78, 5) is 95.0. The molecule has 4 aromatic carbocycles. The second-order valence-electron chi connectivity index (χ2n) is 15.8. The molecule has 0 aliphatic carbocycles. The van der Waals surface area contributed by atoms with Gasteiger partial charge in [0.1, 0.15) is 24.1 Å². The van der Waals surface area contributed by atoms with Crippen molar-refractivity contribution in [2.45, 2.75) is 77.3 Å². The number of ether oxygens (including phenoxy) is 1. The summed E-state index contributed by atoms with van der Waals surface area (Å²) in [5, 5.41) is 25.5. The largest absolute Gasteiger partial charge is 0.507 e. The highest BCUT2D eigenvalue weighted by atomic mass is 35.5. The first-order valence-electron chi connectivity index (χ1n) is 20.6. The standard InChI is InChI=1S/C48H52ClN3O10/c1-28-22-45(59)46(52(3)48(61)35(6-4-5-21-50)26-44(58)33-10-8-31(9-11-33)32-12-15-36(49)16-13-32)34-14-19-42(56)39(25-34)38-23-30(7-18-41(38)55)24-40(51-47(28)60)43(57)20-17-37(54)27-62-29(2)53/h7-16,18-19,23,25,28,35,40,46,55-56H,4-6,17,20-22,24,26-27,50H2,1-3H3,(H,51,60)/t28-,35-,40+,46+/m1/s1. The minimum Gasteiger partial charge on any atom is -0.507 e. The summed E-state index contributed by atoms with van der Waals surface area (Å²) >= 11 is 6.05. The van der Waals surface area contributed by atoms with Crippen molar-refractivity contribution in [1.82, 2.24) is 10.2 Å². The van der Waals surface area contributed by atoms with Gasteiger partial charge in [-0.05, 0) is 84.5 Å². The van der Waals surface area contributed by atoms with Crippen molar-refractivity contribution in [3.8, 4) is 33.8 Å². The van der Waals surface area contributed by atoms with Crippen LogP contribution in [0.15, 0.2) is 84.9 Å². The van der Waals surface area contributed by atoms with Crippen LogP contribution < -0.4 is 11.1 Å².